The number of rotatable bonds is 3. The van der Waals surface area contributed by atoms with Crippen LogP contribution in [0.15, 0.2) is 42.5 Å². The van der Waals surface area contributed by atoms with Gasteiger partial charge in [0.05, 0.1) is 11.8 Å². The molecule has 4 rings (SSSR count). The Kier molecular flexibility index (Phi) is 4.06. The highest BCUT2D eigenvalue weighted by molar-refractivity contribution is 6.05. The largest absolute Gasteiger partial charge is 0.326 e. The average molecular weight is 348 g/mol. The Bertz CT molecular complexity index is 889. The molecule has 2 amide bonds. The van der Waals surface area contributed by atoms with Gasteiger partial charge in [-0.1, -0.05) is 24.3 Å². The molecule has 2 aliphatic rings. The van der Waals surface area contributed by atoms with Gasteiger partial charge < -0.3 is 10.2 Å². The molecule has 0 bridgehead atoms. The van der Waals surface area contributed by atoms with E-state index in [0.717, 1.165) is 23.4 Å². The lowest BCUT2D eigenvalue weighted by molar-refractivity contribution is -0.123. The van der Waals surface area contributed by atoms with Crippen molar-refractivity contribution in [3.05, 3.63) is 59.2 Å². The summed E-state index contributed by atoms with van der Waals surface area (Å²) in [5.74, 6) is -0.381. The molecule has 1 N–H and O–H groups in total. The normalized spacial score (nSPS) is 23.5. The second kappa shape index (κ2) is 6.27. The highest BCUT2D eigenvalue weighted by Gasteiger charge is 2.51. The maximum Gasteiger partial charge on any atom is 0.231 e. The number of anilines is 2. The van der Waals surface area contributed by atoms with E-state index in [2.05, 4.69) is 18.3 Å². The van der Waals surface area contributed by atoms with Gasteiger partial charge >= 0.3 is 0 Å². The fraction of sp³-hybridized carbons (Fsp3) is 0.364. The Morgan fingerprint density at radius 3 is 2.58 bits per heavy atom. The summed E-state index contributed by atoms with van der Waals surface area (Å²) in [4.78, 5) is 27.4. The second-order valence-corrected chi connectivity index (χ2v) is 7.63. The van der Waals surface area contributed by atoms with Crippen LogP contribution in [0.25, 0.3) is 0 Å². The second-order valence-electron chi connectivity index (χ2n) is 7.63. The van der Waals surface area contributed by atoms with Crippen LogP contribution >= 0.6 is 0 Å². The molecular formula is C22H24N2O2. The predicted molar refractivity (Wildman–Crippen MR) is 103 cm³/mol. The zero-order valence-corrected chi connectivity index (χ0v) is 15.5. The van der Waals surface area contributed by atoms with E-state index < -0.39 is 0 Å². The molecule has 1 fully saturated rings. The van der Waals surface area contributed by atoms with E-state index >= 15 is 0 Å². The van der Waals surface area contributed by atoms with Crippen molar-refractivity contribution in [2.45, 2.75) is 39.7 Å². The number of amides is 2. The third-order valence-corrected chi connectivity index (χ3v) is 5.66. The standard InChI is InChI=1S/C22H24N2O2/c1-13-8-9-17(10-14(13)2)23-21(25)18-12-19(18)22(26)24-15(3)11-16-6-4-5-7-20(16)24/h4-10,15,18-19H,11-12H2,1-3H3,(H,23,25). The van der Waals surface area contributed by atoms with Crippen LogP contribution in [0.2, 0.25) is 0 Å². The summed E-state index contributed by atoms with van der Waals surface area (Å²) in [6, 6.07) is 14.1. The number of aryl methyl sites for hydroxylation is 2. The molecule has 134 valence electrons. The van der Waals surface area contributed by atoms with Crippen LogP contribution in [0.4, 0.5) is 11.4 Å². The Morgan fingerprint density at radius 1 is 1.04 bits per heavy atom. The summed E-state index contributed by atoms with van der Waals surface area (Å²) in [5, 5.41) is 2.97. The van der Waals surface area contributed by atoms with Crippen molar-refractivity contribution in [2.24, 2.45) is 11.8 Å². The van der Waals surface area contributed by atoms with Gasteiger partial charge in [0.1, 0.15) is 0 Å². The van der Waals surface area contributed by atoms with Gasteiger partial charge in [-0.3, -0.25) is 9.59 Å². The minimum absolute atomic E-state index is 0.0493. The van der Waals surface area contributed by atoms with Crippen molar-refractivity contribution in [1.82, 2.24) is 0 Å². The third kappa shape index (κ3) is 2.90. The van der Waals surface area contributed by atoms with Crippen molar-refractivity contribution in [2.75, 3.05) is 10.2 Å². The van der Waals surface area contributed by atoms with Crippen molar-refractivity contribution in [1.29, 1.82) is 0 Å². The first kappa shape index (κ1) is 16.8. The van der Waals surface area contributed by atoms with Crippen molar-refractivity contribution >= 4 is 23.2 Å². The molecule has 2 aromatic rings. The van der Waals surface area contributed by atoms with Gasteiger partial charge in [0.2, 0.25) is 11.8 Å². The zero-order chi connectivity index (χ0) is 18.4. The molecule has 3 atom stereocenters. The van der Waals surface area contributed by atoms with Gasteiger partial charge in [0, 0.05) is 17.4 Å². The highest BCUT2D eigenvalue weighted by Crippen LogP contribution is 2.44. The van der Waals surface area contributed by atoms with Gasteiger partial charge in [0.15, 0.2) is 0 Å². The third-order valence-electron chi connectivity index (χ3n) is 5.66. The van der Waals surface area contributed by atoms with E-state index in [4.69, 9.17) is 0 Å². The average Bonchev–Trinajstić information content (AvgIpc) is 3.34. The number of nitrogens with zero attached hydrogens (tertiary/aromatic N) is 1. The van der Waals surface area contributed by atoms with E-state index in [0.29, 0.717) is 6.42 Å². The summed E-state index contributed by atoms with van der Waals surface area (Å²) in [6.07, 6.45) is 1.52. The highest BCUT2D eigenvalue weighted by atomic mass is 16.2. The topological polar surface area (TPSA) is 49.4 Å². The summed E-state index contributed by atoms with van der Waals surface area (Å²) >= 11 is 0. The predicted octanol–water partition coefficient (Wildman–Crippen LogP) is 3.86. The minimum atomic E-state index is -0.218. The number of hydrogen-bond donors (Lipinski definition) is 1. The number of para-hydroxylation sites is 1. The number of fused-ring (bicyclic) bond motifs is 1. The van der Waals surface area contributed by atoms with Gasteiger partial charge in [-0.05, 0) is 68.5 Å². The van der Waals surface area contributed by atoms with Crippen LogP contribution in [0.3, 0.4) is 0 Å². The number of nitrogens with one attached hydrogen (secondary N) is 1. The Morgan fingerprint density at radius 2 is 1.81 bits per heavy atom. The molecule has 26 heavy (non-hydrogen) atoms. The fourth-order valence-corrected chi connectivity index (χ4v) is 3.89. The molecule has 3 unspecified atom stereocenters. The number of hydrogen-bond acceptors (Lipinski definition) is 2. The molecule has 0 radical (unpaired) electrons. The van der Waals surface area contributed by atoms with Crippen LogP contribution in [0.1, 0.15) is 30.0 Å². The first-order chi connectivity index (χ1) is 12.5. The SMILES string of the molecule is Cc1ccc(NC(=O)C2CC2C(=O)N2c3ccccc3CC2C)cc1C. The van der Waals surface area contributed by atoms with Gasteiger partial charge in [-0.2, -0.15) is 0 Å². The molecule has 4 nitrogen and oxygen atoms in total. The zero-order valence-electron chi connectivity index (χ0n) is 15.5. The molecular weight excluding hydrogens is 324 g/mol. The Hall–Kier alpha value is -2.62. The van der Waals surface area contributed by atoms with E-state index in [-0.39, 0.29) is 29.7 Å². The maximum atomic E-state index is 13.0. The smallest absolute Gasteiger partial charge is 0.231 e. The molecule has 2 aromatic carbocycles. The Labute approximate surface area is 154 Å². The molecule has 1 heterocycles. The first-order valence-electron chi connectivity index (χ1n) is 9.25. The summed E-state index contributed by atoms with van der Waals surface area (Å²) < 4.78 is 0. The van der Waals surface area contributed by atoms with Crippen LogP contribution in [0, 0.1) is 25.7 Å². The van der Waals surface area contributed by atoms with Gasteiger partial charge in [-0.15, -0.1) is 0 Å². The number of carbonyl (C=O) groups excluding carboxylic acids is 2. The van der Waals surface area contributed by atoms with Crippen molar-refractivity contribution < 1.29 is 9.59 Å². The fourth-order valence-electron chi connectivity index (χ4n) is 3.89. The monoisotopic (exact) mass is 348 g/mol. The van der Waals surface area contributed by atoms with Crippen LogP contribution < -0.4 is 10.2 Å². The molecule has 1 saturated carbocycles. The van der Waals surface area contributed by atoms with E-state index in [1.807, 2.05) is 55.1 Å². The number of benzene rings is 2. The van der Waals surface area contributed by atoms with E-state index in [1.165, 1.54) is 11.1 Å². The molecule has 0 spiro atoms. The van der Waals surface area contributed by atoms with Gasteiger partial charge in [-0.25, -0.2) is 0 Å². The van der Waals surface area contributed by atoms with E-state index in [1.54, 1.807) is 0 Å². The van der Waals surface area contributed by atoms with Crippen LogP contribution in [-0.4, -0.2) is 17.9 Å². The molecule has 1 aliphatic heterocycles. The lowest BCUT2D eigenvalue weighted by atomic mass is 10.1. The van der Waals surface area contributed by atoms with Gasteiger partial charge in [0.25, 0.3) is 0 Å². The molecule has 0 aromatic heterocycles. The van der Waals surface area contributed by atoms with Crippen molar-refractivity contribution in [3.63, 3.8) is 0 Å². The molecule has 4 heteroatoms. The summed E-state index contributed by atoms with van der Waals surface area (Å²) in [6.45, 7) is 6.15. The van der Waals surface area contributed by atoms with Crippen LogP contribution in [0.5, 0.6) is 0 Å². The number of carbonyl (C=O) groups is 2. The Balaban J connectivity index is 1.44. The molecule has 0 saturated heterocycles. The quantitative estimate of drug-likeness (QED) is 0.916. The van der Waals surface area contributed by atoms with Crippen molar-refractivity contribution in [3.8, 4) is 0 Å². The molecule has 1 aliphatic carbocycles. The van der Waals surface area contributed by atoms with E-state index in [9.17, 15) is 9.59 Å². The summed E-state index contributed by atoms with van der Waals surface area (Å²) in [5.41, 5.74) is 5.37. The lowest BCUT2D eigenvalue weighted by Gasteiger charge is -2.23. The lowest BCUT2D eigenvalue weighted by Crippen LogP contribution is -2.37. The van der Waals surface area contributed by atoms with Crippen LogP contribution in [-0.2, 0) is 16.0 Å². The maximum absolute atomic E-state index is 13.0. The minimum Gasteiger partial charge on any atom is -0.326 e. The summed E-state index contributed by atoms with van der Waals surface area (Å²) in [7, 11) is 0. The first-order valence-corrected chi connectivity index (χ1v) is 9.25.